The van der Waals surface area contributed by atoms with E-state index in [9.17, 15) is 0 Å². The molecule has 0 aliphatic carbocycles. The van der Waals surface area contributed by atoms with Crippen molar-refractivity contribution in [3.8, 4) is 11.5 Å². The summed E-state index contributed by atoms with van der Waals surface area (Å²) in [6.45, 7) is 2.23. The van der Waals surface area contributed by atoms with Gasteiger partial charge in [-0.25, -0.2) is 0 Å². The minimum atomic E-state index is -0.0103. The monoisotopic (exact) mass is 279 g/mol. The summed E-state index contributed by atoms with van der Waals surface area (Å²) < 4.78 is 11.4. The molecule has 5 heteroatoms. The van der Waals surface area contributed by atoms with E-state index < -0.39 is 0 Å². The van der Waals surface area contributed by atoms with Crippen LogP contribution in [0.3, 0.4) is 0 Å². The summed E-state index contributed by atoms with van der Waals surface area (Å²) in [5.41, 5.74) is 6.81. The van der Waals surface area contributed by atoms with E-state index in [4.69, 9.17) is 15.2 Å². The number of nitrogens with two attached hydrogens (primary N) is 1. The third-order valence-corrected chi connectivity index (χ3v) is 2.67. The minimum absolute atomic E-state index is 0. The van der Waals surface area contributed by atoms with E-state index in [0.29, 0.717) is 6.79 Å². The second-order valence-electron chi connectivity index (χ2n) is 3.02. The zero-order valence-corrected chi connectivity index (χ0v) is 10.0. The van der Waals surface area contributed by atoms with Crippen LogP contribution in [0.25, 0.3) is 0 Å². The first kappa shape index (κ1) is 11.6. The number of fused-ring (bicyclic) bond motifs is 1. The molecule has 0 radical (unpaired) electrons. The van der Waals surface area contributed by atoms with Crippen LogP contribution in [-0.2, 0) is 0 Å². The van der Waals surface area contributed by atoms with Crippen LogP contribution in [0.5, 0.6) is 11.5 Å². The van der Waals surface area contributed by atoms with Crippen molar-refractivity contribution < 1.29 is 9.47 Å². The zero-order valence-electron chi connectivity index (χ0n) is 7.62. The minimum Gasteiger partial charge on any atom is -0.454 e. The van der Waals surface area contributed by atoms with Crippen molar-refractivity contribution in [1.82, 2.24) is 0 Å². The SMILES string of the molecule is C[C@H](N)c1cc2c(cc1Br)OCO2.Cl. The van der Waals surface area contributed by atoms with Crippen molar-refractivity contribution in [3.63, 3.8) is 0 Å². The van der Waals surface area contributed by atoms with Gasteiger partial charge in [-0.15, -0.1) is 12.4 Å². The van der Waals surface area contributed by atoms with Gasteiger partial charge in [-0.1, -0.05) is 15.9 Å². The van der Waals surface area contributed by atoms with Crippen molar-refractivity contribution in [2.24, 2.45) is 5.73 Å². The topological polar surface area (TPSA) is 44.5 Å². The molecule has 0 bridgehead atoms. The zero-order chi connectivity index (χ0) is 9.42. The van der Waals surface area contributed by atoms with E-state index in [1.54, 1.807) is 0 Å². The molecule has 0 unspecified atom stereocenters. The molecular weight excluding hydrogens is 269 g/mol. The van der Waals surface area contributed by atoms with Gasteiger partial charge in [0.05, 0.1) is 0 Å². The number of hydrogen-bond donors (Lipinski definition) is 1. The van der Waals surface area contributed by atoms with E-state index in [0.717, 1.165) is 21.5 Å². The van der Waals surface area contributed by atoms with Gasteiger partial charge < -0.3 is 15.2 Å². The quantitative estimate of drug-likeness (QED) is 0.860. The highest BCUT2D eigenvalue weighted by atomic mass is 79.9. The Balaban J connectivity index is 0.000000980. The van der Waals surface area contributed by atoms with Gasteiger partial charge >= 0.3 is 0 Å². The highest BCUT2D eigenvalue weighted by Gasteiger charge is 2.17. The number of halogens is 2. The Morgan fingerprint density at radius 3 is 2.50 bits per heavy atom. The van der Waals surface area contributed by atoms with Crippen molar-refractivity contribution in [1.29, 1.82) is 0 Å². The lowest BCUT2D eigenvalue weighted by Crippen LogP contribution is -2.05. The average molecular weight is 281 g/mol. The summed E-state index contributed by atoms with van der Waals surface area (Å²) >= 11 is 3.43. The summed E-state index contributed by atoms with van der Waals surface area (Å²) in [6.07, 6.45) is 0. The van der Waals surface area contributed by atoms with Crippen molar-refractivity contribution >= 4 is 28.3 Å². The van der Waals surface area contributed by atoms with Crippen LogP contribution < -0.4 is 15.2 Å². The molecule has 0 saturated heterocycles. The second kappa shape index (κ2) is 4.38. The van der Waals surface area contributed by atoms with Crippen molar-refractivity contribution in [3.05, 3.63) is 22.2 Å². The Kier molecular flexibility index (Phi) is 3.64. The first-order valence-corrected chi connectivity index (χ1v) is 4.82. The van der Waals surface area contributed by atoms with E-state index in [1.165, 1.54) is 0 Å². The van der Waals surface area contributed by atoms with Gasteiger partial charge in [0.15, 0.2) is 11.5 Å². The molecule has 2 N–H and O–H groups in total. The van der Waals surface area contributed by atoms with Gasteiger partial charge in [0, 0.05) is 10.5 Å². The predicted octanol–water partition coefficient (Wildman–Crippen LogP) is 2.62. The molecule has 1 aromatic rings. The Labute approximate surface area is 97.1 Å². The van der Waals surface area contributed by atoms with Crippen LogP contribution >= 0.6 is 28.3 Å². The molecule has 0 saturated carbocycles. The molecule has 0 amide bonds. The van der Waals surface area contributed by atoms with E-state index in [-0.39, 0.29) is 18.4 Å². The lowest BCUT2D eigenvalue weighted by molar-refractivity contribution is 0.174. The van der Waals surface area contributed by atoms with Crippen LogP contribution in [-0.4, -0.2) is 6.79 Å². The summed E-state index contributed by atoms with van der Waals surface area (Å²) in [5, 5.41) is 0. The van der Waals surface area contributed by atoms with Crippen LogP contribution in [0, 0.1) is 0 Å². The summed E-state index contributed by atoms with van der Waals surface area (Å²) in [5.74, 6) is 1.55. The molecule has 0 spiro atoms. The Bertz CT molecular complexity index is 344. The summed E-state index contributed by atoms with van der Waals surface area (Å²) in [6, 6.07) is 3.79. The van der Waals surface area contributed by atoms with E-state index >= 15 is 0 Å². The number of ether oxygens (including phenoxy) is 2. The Morgan fingerprint density at radius 1 is 1.36 bits per heavy atom. The third kappa shape index (κ3) is 1.97. The Morgan fingerprint density at radius 2 is 1.93 bits per heavy atom. The smallest absolute Gasteiger partial charge is 0.231 e. The molecule has 1 atom stereocenters. The molecule has 1 aliphatic heterocycles. The maximum atomic E-state index is 5.78. The standard InChI is InChI=1S/C9H10BrNO2.ClH/c1-5(11)6-2-8-9(3-7(6)10)13-4-12-8;/h2-3,5H,4,11H2,1H3;1H/t5-;/m0./s1. The van der Waals surface area contributed by atoms with Gasteiger partial charge in [0.25, 0.3) is 0 Å². The first-order valence-electron chi connectivity index (χ1n) is 4.03. The number of benzene rings is 1. The van der Waals surface area contributed by atoms with Gasteiger partial charge in [0.2, 0.25) is 6.79 Å². The molecule has 2 rings (SSSR count). The fourth-order valence-corrected chi connectivity index (χ4v) is 1.97. The van der Waals surface area contributed by atoms with Gasteiger partial charge in [-0.3, -0.25) is 0 Å². The maximum absolute atomic E-state index is 5.78. The van der Waals surface area contributed by atoms with Crippen LogP contribution in [0.1, 0.15) is 18.5 Å². The molecule has 3 nitrogen and oxygen atoms in total. The fraction of sp³-hybridized carbons (Fsp3) is 0.333. The molecule has 14 heavy (non-hydrogen) atoms. The second-order valence-corrected chi connectivity index (χ2v) is 3.87. The molecule has 78 valence electrons. The Hall–Kier alpha value is -0.450. The van der Waals surface area contributed by atoms with Crippen LogP contribution in [0.15, 0.2) is 16.6 Å². The van der Waals surface area contributed by atoms with Crippen LogP contribution in [0.2, 0.25) is 0 Å². The van der Waals surface area contributed by atoms with E-state index in [1.807, 2.05) is 19.1 Å². The molecule has 1 aliphatic rings. The summed E-state index contributed by atoms with van der Waals surface area (Å²) in [4.78, 5) is 0. The molecule has 0 aromatic heterocycles. The lowest BCUT2D eigenvalue weighted by Gasteiger charge is -2.09. The average Bonchev–Trinajstić information content (AvgIpc) is 2.48. The van der Waals surface area contributed by atoms with Crippen LogP contribution in [0.4, 0.5) is 0 Å². The first-order chi connectivity index (χ1) is 6.18. The highest BCUT2D eigenvalue weighted by molar-refractivity contribution is 9.10. The van der Waals surface area contributed by atoms with Gasteiger partial charge in [-0.2, -0.15) is 0 Å². The molecular formula is C9H11BrClNO2. The number of hydrogen-bond acceptors (Lipinski definition) is 3. The molecule has 0 fully saturated rings. The molecule has 1 heterocycles. The van der Waals surface area contributed by atoms with Gasteiger partial charge in [-0.05, 0) is 24.6 Å². The fourth-order valence-electron chi connectivity index (χ4n) is 1.28. The van der Waals surface area contributed by atoms with Crippen molar-refractivity contribution in [2.75, 3.05) is 6.79 Å². The normalized spacial score (nSPS) is 14.8. The van der Waals surface area contributed by atoms with Gasteiger partial charge in [0.1, 0.15) is 0 Å². The third-order valence-electron chi connectivity index (χ3n) is 1.98. The van der Waals surface area contributed by atoms with E-state index in [2.05, 4.69) is 15.9 Å². The number of rotatable bonds is 1. The summed E-state index contributed by atoms with van der Waals surface area (Å²) in [7, 11) is 0. The molecule has 1 aromatic carbocycles. The predicted molar refractivity (Wildman–Crippen MR) is 60.1 cm³/mol. The lowest BCUT2D eigenvalue weighted by atomic mass is 10.1. The maximum Gasteiger partial charge on any atom is 0.231 e. The highest BCUT2D eigenvalue weighted by Crippen LogP contribution is 2.38. The van der Waals surface area contributed by atoms with Crippen molar-refractivity contribution in [2.45, 2.75) is 13.0 Å². The largest absolute Gasteiger partial charge is 0.454 e.